The molecule has 0 aliphatic carbocycles. The Kier molecular flexibility index (Phi) is 9.69. The van der Waals surface area contributed by atoms with Crippen molar-refractivity contribution in [2.75, 3.05) is 6.61 Å². The van der Waals surface area contributed by atoms with Gasteiger partial charge in [-0.2, -0.15) is 0 Å². The van der Waals surface area contributed by atoms with Gasteiger partial charge in [0.05, 0.1) is 0 Å². The Morgan fingerprint density at radius 1 is 0.917 bits per heavy atom. The molecule has 0 fully saturated rings. The van der Waals surface area contributed by atoms with E-state index in [2.05, 4.69) is 11.4 Å². The second-order valence-electron chi connectivity index (χ2n) is 9.52. The molecule has 0 saturated carbocycles. The summed E-state index contributed by atoms with van der Waals surface area (Å²) in [7, 11) is 0. The van der Waals surface area contributed by atoms with Gasteiger partial charge in [0, 0.05) is 19.0 Å². The zero-order valence-corrected chi connectivity index (χ0v) is 22.1. The number of hydrogen-bond acceptors (Lipinski definition) is 3. The molecule has 0 unspecified atom stereocenters. The number of aryl methyl sites for hydroxylation is 2. The summed E-state index contributed by atoms with van der Waals surface area (Å²) in [6.45, 7) is 10.2. The van der Waals surface area contributed by atoms with Crippen LogP contribution in [0.2, 0.25) is 0 Å². The van der Waals surface area contributed by atoms with Crippen LogP contribution >= 0.6 is 0 Å². The van der Waals surface area contributed by atoms with E-state index >= 15 is 0 Å². The lowest BCUT2D eigenvalue weighted by molar-refractivity contribution is -0.143. The number of rotatable bonds is 11. The summed E-state index contributed by atoms with van der Waals surface area (Å²) in [5.41, 5.74) is 5.19. The fraction of sp³-hybridized carbons (Fsp3) is 0.355. The fourth-order valence-electron chi connectivity index (χ4n) is 4.11. The maximum absolute atomic E-state index is 13.7. The van der Waals surface area contributed by atoms with Crippen molar-refractivity contribution >= 4 is 11.8 Å². The zero-order valence-electron chi connectivity index (χ0n) is 22.1. The quantitative estimate of drug-likeness (QED) is 0.387. The molecule has 3 aromatic carbocycles. The van der Waals surface area contributed by atoms with Crippen molar-refractivity contribution in [2.45, 2.75) is 66.1 Å². The highest BCUT2D eigenvalue weighted by Crippen LogP contribution is 2.21. The first-order valence-corrected chi connectivity index (χ1v) is 12.7. The molecule has 5 nitrogen and oxygen atoms in total. The maximum Gasteiger partial charge on any atom is 0.261 e. The van der Waals surface area contributed by atoms with Gasteiger partial charge in [-0.1, -0.05) is 79.2 Å². The summed E-state index contributed by atoms with van der Waals surface area (Å²) in [6, 6.07) is 23.0. The van der Waals surface area contributed by atoms with Gasteiger partial charge >= 0.3 is 0 Å². The van der Waals surface area contributed by atoms with Gasteiger partial charge in [-0.25, -0.2) is 0 Å². The Morgan fingerprint density at radius 2 is 1.61 bits per heavy atom. The molecule has 36 heavy (non-hydrogen) atoms. The van der Waals surface area contributed by atoms with Gasteiger partial charge in [0.2, 0.25) is 5.91 Å². The fourth-order valence-corrected chi connectivity index (χ4v) is 4.11. The number of amides is 2. The van der Waals surface area contributed by atoms with Gasteiger partial charge < -0.3 is 15.0 Å². The molecule has 0 aromatic heterocycles. The Bertz CT molecular complexity index is 1160. The van der Waals surface area contributed by atoms with E-state index in [1.54, 1.807) is 4.90 Å². The Balaban J connectivity index is 1.93. The molecule has 3 rings (SSSR count). The summed E-state index contributed by atoms with van der Waals surface area (Å²) < 4.78 is 5.98. The van der Waals surface area contributed by atoms with E-state index in [9.17, 15) is 9.59 Å². The van der Waals surface area contributed by atoms with E-state index in [0.717, 1.165) is 34.2 Å². The molecule has 0 heterocycles. The minimum atomic E-state index is -0.670. The first-order chi connectivity index (χ1) is 17.3. The molecule has 0 aliphatic heterocycles. The molecule has 0 saturated heterocycles. The average molecular weight is 487 g/mol. The molecule has 5 heteroatoms. The molecule has 2 amide bonds. The summed E-state index contributed by atoms with van der Waals surface area (Å²) >= 11 is 0. The van der Waals surface area contributed by atoms with Crippen LogP contribution < -0.4 is 10.1 Å². The highest BCUT2D eigenvalue weighted by atomic mass is 16.5. The molecule has 0 spiro atoms. The first kappa shape index (κ1) is 27.0. The van der Waals surface area contributed by atoms with E-state index in [1.807, 2.05) is 101 Å². The van der Waals surface area contributed by atoms with Gasteiger partial charge in [-0.15, -0.1) is 0 Å². The topological polar surface area (TPSA) is 58.6 Å². The highest BCUT2D eigenvalue weighted by Gasteiger charge is 2.31. The molecular weight excluding hydrogens is 448 g/mol. The number of nitrogens with zero attached hydrogens (tertiary/aromatic N) is 1. The number of nitrogens with one attached hydrogen (secondary N) is 1. The van der Waals surface area contributed by atoms with Crippen molar-refractivity contribution in [1.29, 1.82) is 0 Å². The van der Waals surface area contributed by atoms with Crippen molar-refractivity contribution in [3.8, 4) is 5.75 Å². The van der Waals surface area contributed by atoms with Crippen LogP contribution in [0.5, 0.6) is 5.75 Å². The van der Waals surface area contributed by atoms with Gasteiger partial charge in [-0.3, -0.25) is 9.59 Å². The molecule has 190 valence electrons. The lowest BCUT2D eigenvalue weighted by Crippen LogP contribution is -2.53. The SMILES string of the molecule is CC[C@H](C)NC(=O)[C@@H](Cc1ccccc1)N(Cc1cccc(C)c1)C(=O)COc1cccc(C)c1C. The predicted molar refractivity (Wildman–Crippen MR) is 145 cm³/mol. The summed E-state index contributed by atoms with van der Waals surface area (Å²) in [5, 5.41) is 3.10. The van der Waals surface area contributed by atoms with Gasteiger partial charge in [0.15, 0.2) is 6.61 Å². The number of carbonyl (C=O) groups is 2. The number of ether oxygens (including phenoxy) is 1. The first-order valence-electron chi connectivity index (χ1n) is 12.7. The van der Waals surface area contributed by atoms with E-state index in [-0.39, 0.29) is 24.5 Å². The number of carbonyl (C=O) groups excluding carboxylic acids is 2. The third kappa shape index (κ3) is 7.45. The number of hydrogen-bond donors (Lipinski definition) is 1. The molecule has 0 bridgehead atoms. The van der Waals surface area contributed by atoms with Crippen LogP contribution in [0.4, 0.5) is 0 Å². The Labute approximate surface area is 215 Å². The molecule has 0 aliphatic rings. The Hall–Kier alpha value is -3.60. The molecular formula is C31H38N2O3. The van der Waals surface area contributed by atoms with Gasteiger partial charge in [0.25, 0.3) is 5.91 Å². The van der Waals surface area contributed by atoms with Crippen molar-refractivity contribution in [2.24, 2.45) is 0 Å². The van der Waals surface area contributed by atoms with Crippen LogP contribution in [0.15, 0.2) is 72.8 Å². The third-order valence-electron chi connectivity index (χ3n) is 6.61. The van der Waals surface area contributed by atoms with E-state index in [1.165, 1.54) is 0 Å². The van der Waals surface area contributed by atoms with E-state index in [0.29, 0.717) is 18.7 Å². The second-order valence-corrected chi connectivity index (χ2v) is 9.52. The maximum atomic E-state index is 13.7. The van der Waals surface area contributed by atoms with Gasteiger partial charge in [-0.05, 0) is 62.4 Å². The smallest absolute Gasteiger partial charge is 0.261 e. The van der Waals surface area contributed by atoms with Crippen molar-refractivity contribution < 1.29 is 14.3 Å². The zero-order chi connectivity index (χ0) is 26.1. The van der Waals surface area contributed by atoms with Crippen molar-refractivity contribution in [3.63, 3.8) is 0 Å². The van der Waals surface area contributed by atoms with Crippen LogP contribution in [0.25, 0.3) is 0 Å². The van der Waals surface area contributed by atoms with Crippen LogP contribution in [0.3, 0.4) is 0 Å². The molecule has 1 N–H and O–H groups in total. The normalized spacial score (nSPS) is 12.5. The van der Waals surface area contributed by atoms with Crippen LogP contribution in [-0.4, -0.2) is 35.4 Å². The van der Waals surface area contributed by atoms with Crippen molar-refractivity contribution in [3.05, 3.63) is 101 Å². The molecule has 3 aromatic rings. The van der Waals surface area contributed by atoms with Crippen LogP contribution in [0, 0.1) is 20.8 Å². The lowest BCUT2D eigenvalue weighted by Gasteiger charge is -2.32. The molecule has 0 radical (unpaired) electrons. The lowest BCUT2D eigenvalue weighted by atomic mass is 10.0. The number of benzene rings is 3. The summed E-state index contributed by atoms with van der Waals surface area (Å²) in [5.74, 6) is 0.307. The van der Waals surface area contributed by atoms with Crippen LogP contribution in [0.1, 0.15) is 48.1 Å². The summed E-state index contributed by atoms with van der Waals surface area (Å²) in [6.07, 6.45) is 1.23. The van der Waals surface area contributed by atoms with E-state index in [4.69, 9.17) is 4.74 Å². The summed E-state index contributed by atoms with van der Waals surface area (Å²) in [4.78, 5) is 28.9. The Morgan fingerprint density at radius 3 is 2.31 bits per heavy atom. The monoisotopic (exact) mass is 486 g/mol. The standard InChI is InChI=1S/C31H38N2O3/c1-6-24(4)32-31(35)28(19-26-14-8-7-9-15-26)33(20-27-16-10-12-22(2)18-27)30(34)21-36-29-17-11-13-23(3)25(29)5/h7-18,24,28H,6,19-21H2,1-5H3,(H,32,35)/t24-,28+/m0/s1. The van der Waals surface area contributed by atoms with Crippen LogP contribution in [-0.2, 0) is 22.6 Å². The largest absolute Gasteiger partial charge is 0.483 e. The minimum Gasteiger partial charge on any atom is -0.483 e. The molecule has 2 atom stereocenters. The third-order valence-corrected chi connectivity index (χ3v) is 6.61. The van der Waals surface area contributed by atoms with Gasteiger partial charge in [0.1, 0.15) is 11.8 Å². The second kappa shape index (κ2) is 12.9. The predicted octanol–water partition coefficient (Wildman–Crippen LogP) is 5.55. The minimum absolute atomic E-state index is 0.0119. The van der Waals surface area contributed by atoms with E-state index < -0.39 is 6.04 Å². The average Bonchev–Trinajstić information content (AvgIpc) is 2.87. The van der Waals surface area contributed by atoms with Crippen molar-refractivity contribution in [1.82, 2.24) is 10.2 Å². The highest BCUT2D eigenvalue weighted by molar-refractivity contribution is 5.88.